The molecule has 0 aliphatic rings. The van der Waals surface area contributed by atoms with Gasteiger partial charge >= 0.3 is 0 Å². The van der Waals surface area contributed by atoms with E-state index in [4.69, 9.17) is 5.11 Å². The molecule has 3 N–H and O–H groups in total. The van der Waals surface area contributed by atoms with Gasteiger partial charge in [-0.05, 0) is 48.0 Å². The lowest BCUT2D eigenvalue weighted by Gasteiger charge is -2.13. The number of rotatable bonds is 7. The van der Waals surface area contributed by atoms with Gasteiger partial charge in [-0.15, -0.1) is 0 Å². The lowest BCUT2D eigenvalue weighted by Crippen LogP contribution is -2.13. The van der Waals surface area contributed by atoms with Crippen LogP contribution in [-0.2, 0) is 9.84 Å². The van der Waals surface area contributed by atoms with Gasteiger partial charge in [0.25, 0.3) is 0 Å². The molecule has 0 spiro atoms. The molecule has 0 radical (unpaired) electrons. The number of halogens is 1. The highest BCUT2D eigenvalue weighted by molar-refractivity contribution is 9.10. The van der Waals surface area contributed by atoms with Gasteiger partial charge in [0, 0.05) is 17.9 Å². The number of aromatic nitrogens is 2. The molecule has 0 fully saturated rings. The molecule has 0 aliphatic carbocycles. The van der Waals surface area contributed by atoms with Crippen molar-refractivity contribution in [2.24, 2.45) is 0 Å². The van der Waals surface area contributed by atoms with E-state index in [1.165, 1.54) is 12.1 Å². The van der Waals surface area contributed by atoms with E-state index in [0.717, 1.165) is 4.47 Å². The van der Waals surface area contributed by atoms with Crippen LogP contribution in [0.3, 0.4) is 0 Å². The Balaban J connectivity index is 2.26. The molecule has 24 heavy (non-hydrogen) atoms. The van der Waals surface area contributed by atoms with Gasteiger partial charge < -0.3 is 15.7 Å². The summed E-state index contributed by atoms with van der Waals surface area (Å²) in [4.78, 5) is 8.68. The van der Waals surface area contributed by atoms with E-state index in [2.05, 4.69) is 36.5 Å². The van der Waals surface area contributed by atoms with E-state index < -0.39 is 16.4 Å². The average molecular weight is 415 g/mol. The predicted octanol–water partition coefficient (Wildman–Crippen LogP) is 2.57. The number of nitrogens with zero attached hydrogens (tertiary/aromatic N) is 2. The van der Waals surface area contributed by atoms with Crippen LogP contribution in [0.2, 0.25) is 0 Å². The maximum absolute atomic E-state index is 12.0. The molecule has 0 saturated carbocycles. The van der Waals surface area contributed by atoms with E-state index in [1.807, 2.05) is 13.8 Å². The van der Waals surface area contributed by atoms with Crippen molar-refractivity contribution in [3.05, 3.63) is 34.9 Å². The number of benzene rings is 1. The molecule has 1 aromatic carbocycles. The van der Waals surface area contributed by atoms with E-state index in [1.54, 1.807) is 18.3 Å². The molecule has 0 atom stereocenters. The molecule has 0 unspecified atom stereocenters. The van der Waals surface area contributed by atoms with E-state index in [-0.39, 0.29) is 16.7 Å². The zero-order valence-electron chi connectivity index (χ0n) is 13.3. The molecule has 7 nitrogen and oxygen atoms in total. The number of sulfone groups is 1. The van der Waals surface area contributed by atoms with Gasteiger partial charge in [0.2, 0.25) is 5.95 Å². The Morgan fingerprint density at radius 3 is 2.75 bits per heavy atom. The summed E-state index contributed by atoms with van der Waals surface area (Å²) >= 11 is 3.38. The molecule has 2 aromatic rings. The molecule has 0 amide bonds. The second-order valence-corrected chi connectivity index (χ2v) is 8.35. The second kappa shape index (κ2) is 7.91. The summed E-state index contributed by atoms with van der Waals surface area (Å²) in [6, 6.07) is 6.53. The Hall–Kier alpha value is -1.71. The fraction of sp³-hybridized carbons (Fsp3) is 0.333. The van der Waals surface area contributed by atoms with Crippen LogP contribution in [0.4, 0.5) is 17.5 Å². The van der Waals surface area contributed by atoms with Crippen LogP contribution in [0.5, 0.6) is 0 Å². The first-order valence-corrected chi connectivity index (χ1v) is 9.76. The molecule has 1 heterocycles. The third-order valence-electron chi connectivity index (χ3n) is 2.98. The molecule has 1 aromatic heterocycles. The average Bonchev–Trinajstić information content (AvgIpc) is 2.50. The minimum atomic E-state index is -3.51. The van der Waals surface area contributed by atoms with E-state index >= 15 is 0 Å². The van der Waals surface area contributed by atoms with Gasteiger partial charge in [-0.25, -0.2) is 13.4 Å². The summed E-state index contributed by atoms with van der Waals surface area (Å²) in [7, 11) is -3.51. The Morgan fingerprint density at radius 1 is 1.33 bits per heavy atom. The van der Waals surface area contributed by atoms with Gasteiger partial charge in [-0.1, -0.05) is 6.07 Å². The fourth-order valence-corrected chi connectivity index (χ4v) is 3.31. The third kappa shape index (κ3) is 4.89. The molecule has 2 rings (SSSR count). The van der Waals surface area contributed by atoms with Crippen LogP contribution in [0.25, 0.3) is 0 Å². The van der Waals surface area contributed by atoms with Crippen molar-refractivity contribution < 1.29 is 13.5 Å². The van der Waals surface area contributed by atoms with Crippen LogP contribution in [0, 0.1) is 0 Å². The van der Waals surface area contributed by atoms with Crippen LogP contribution in [0.1, 0.15) is 13.8 Å². The number of anilines is 3. The van der Waals surface area contributed by atoms with Crippen LogP contribution in [-0.4, -0.2) is 41.9 Å². The quantitative estimate of drug-likeness (QED) is 0.639. The predicted molar refractivity (Wildman–Crippen MR) is 97.4 cm³/mol. The SMILES string of the molecule is CC(C)Nc1nc(Nc2cccc(S(=O)(=O)CCO)c2)ncc1Br. The number of aliphatic hydroxyl groups is 1. The Morgan fingerprint density at radius 2 is 2.08 bits per heavy atom. The number of hydrogen-bond acceptors (Lipinski definition) is 7. The largest absolute Gasteiger partial charge is 0.395 e. The second-order valence-electron chi connectivity index (χ2n) is 5.38. The number of aliphatic hydroxyl groups excluding tert-OH is 1. The lowest BCUT2D eigenvalue weighted by molar-refractivity contribution is 0.319. The highest BCUT2D eigenvalue weighted by atomic mass is 79.9. The summed E-state index contributed by atoms with van der Waals surface area (Å²) in [6.07, 6.45) is 1.62. The molecule has 130 valence electrons. The summed E-state index contributed by atoms with van der Waals surface area (Å²) < 4.78 is 24.8. The fourth-order valence-electron chi connectivity index (χ4n) is 1.94. The van der Waals surface area contributed by atoms with Crippen molar-refractivity contribution in [2.45, 2.75) is 24.8 Å². The Bertz CT molecular complexity index is 812. The maximum Gasteiger partial charge on any atom is 0.229 e. The standard InChI is InChI=1S/C15H19BrN4O3S/c1-10(2)18-14-13(16)9-17-15(20-14)19-11-4-3-5-12(8-11)24(22,23)7-6-21/h3-5,8-10,21H,6-7H2,1-2H3,(H2,17,18,19,20). The smallest absolute Gasteiger partial charge is 0.229 e. The highest BCUT2D eigenvalue weighted by Gasteiger charge is 2.14. The van der Waals surface area contributed by atoms with Gasteiger partial charge in [-0.3, -0.25) is 0 Å². The minimum Gasteiger partial charge on any atom is -0.395 e. The Kier molecular flexibility index (Phi) is 6.14. The van der Waals surface area contributed by atoms with Crippen LogP contribution < -0.4 is 10.6 Å². The molecule has 9 heteroatoms. The third-order valence-corrected chi connectivity index (χ3v) is 5.25. The van der Waals surface area contributed by atoms with Crippen molar-refractivity contribution >= 4 is 43.2 Å². The van der Waals surface area contributed by atoms with Crippen molar-refractivity contribution in [2.75, 3.05) is 23.0 Å². The normalized spacial score (nSPS) is 11.5. The van der Waals surface area contributed by atoms with Crippen molar-refractivity contribution in [3.63, 3.8) is 0 Å². The van der Waals surface area contributed by atoms with Crippen LogP contribution in [0.15, 0.2) is 39.8 Å². The molecule has 0 saturated heterocycles. The lowest BCUT2D eigenvalue weighted by atomic mass is 10.3. The summed E-state index contributed by atoms with van der Waals surface area (Å²) in [5.74, 6) is 0.679. The molecular formula is C15H19BrN4O3S. The van der Waals surface area contributed by atoms with Gasteiger partial charge in [0.05, 0.1) is 21.7 Å². The number of nitrogens with one attached hydrogen (secondary N) is 2. The summed E-state index contributed by atoms with van der Waals surface area (Å²) in [6.45, 7) is 3.58. The topological polar surface area (TPSA) is 104 Å². The van der Waals surface area contributed by atoms with Gasteiger partial charge in [-0.2, -0.15) is 4.98 Å². The highest BCUT2D eigenvalue weighted by Crippen LogP contribution is 2.23. The molecular weight excluding hydrogens is 396 g/mol. The van der Waals surface area contributed by atoms with E-state index in [9.17, 15) is 8.42 Å². The maximum atomic E-state index is 12.0. The first-order valence-electron chi connectivity index (χ1n) is 7.31. The van der Waals surface area contributed by atoms with Crippen molar-refractivity contribution in [1.82, 2.24) is 9.97 Å². The minimum absolute atomic E-state index is 0.138. The number of hydrogen-bond donors (Lipinski definition) is 3. The van der Waals surface area contributed by atoms with E-state index in [0.29, 0.717) is 17.5 Å². The van der Waals surface area contributed by atoms with Gasteiger partial charge in [0.1, 0.15) is 5.82 Å². The van der Waals surface area contributed by atoms with Gasteiger partial charge in [0.15, 0.2) is 9.84 Å². The Labute approximate surface area is 149 Å². The van der Waals surface area contributed by atoms with Crippen LogP contribution >= 0.6 is 15.9 Å². The zero-order valence-corrected chi connectivity index (χ0v) is 15.7. The van der Waals surface area contributed by atoms with Crippen molar-refractivity contribution in [3.8, 4) is 0 Å². The molecule has 0 aliphatic heterocycles. The summed E-state index contributed by atoms with van der Waals surface area (Å²) in [5, 5.41) is 15.0. The summed E-state index contributed by atoms with van der Waals surface area (Å²) in [5.41, 5.74) is 0.548. The first kappa shape index (κ1) is 18.6. The van der Waals surface area contributed by atoms with Crippen molar-refractivity contribution in [1.29, 1.82) is 0 Å². The monoisotopic (exact) mass is 414 g/mol. The zero-order chi connectivity index (χ0) is 17.7. The first-order chi connectivity index (χ1) is 11.3. The molecule has 0 bridgehead atoms.